The summed E-state index contributed by atoms with van der Waals surface area (Å²) in [5.41, 5.74) is 6.64. The normalized spacial score (nSPS) is 21.8. The van der Waals surface area contributed by atoms with Gasteiger partial charge in [-0.3, -0.25) is 75.8 Å². The molecule has 5 atom stereocenters. The third-order valence-electron chi connectivity index (χ3n) is 24.2. The number of hydrogen-bond acceptors (Lipinski definition) is 33. The zero-order chi connectivity index (χ0) is 101. The van der Waals surface area contributed by atoms with Crippen LogP contribution in [0.2, 0.25) is 10.0 Å². The number of H-pyrrole nitrogens is 1. The number of allylic oxidation sites excluding steroid dienone is 2. The highest BCUT2D eigenvalue weighted by Crippen LogP contribution is 2.39. The summed E-state index contributed by atoms with van der Waals surface area (Å²) < 4.78 is 16.9. The number of nitrogen functional groups attached to an aromatic ring is 1. The maximum atomic E-state index is 13.3. The van der Waals surface area contributed by atoms with Gasteiger partial charge in [0.2, 0.25) is 0 Å². The molecule has 49 heteroatoms. The molecule has 17 N–H and O–H groups in total. The van der Waals surface area contributed by atoms with Crippen molar-refractivity contribution in [3.8, 4) is 0 Å². The second kappa shape index (κ2) is 43.8. The molecule has 8 amide bonds. The van der Waals surface area contributed by atoms with Crippen LogP contribution in [-0.4, -0.2) is 233 Å². The summed E-state index contributed by atoms with van der Waals surface area (Å²) in [6, 6.07) is 22.0. The molecule has 5 spiro atoms. The van der Waals surface area contributed by atoms with E-state index in [2.05, 4.69) is 114 Å². The Morgan fingerprint density at radius 1 is 0.426 bits per heavy atom. The van der Waals surface area contributed by atoms with Gasteiger partial charge in [0.25, 0.3) is 63.2 Å². The number of amides is 8. The molecule has 7 fully saturated rings. The molecule has 0 saturated carbocycles. The van der Waals surface area contributed by atoms with Gasteiger partial charge >= 0.3 is 12.2 Å². The molecule has 0 radical (unpaired) electrons. The number of fused-ring (bicyclic) bond motifs is 10. The van der Waals surface area contributed by atoms with Crippen LogP contribution >= 0.6 is 34.8 Å². The monoisotopic (exact) mass is 1990 g/mol. The second-order valence-corrected chi connectivity index (χ2v) is 37.9. The van der Waals surface area contributed by atoms with Gasteiger partial charge in [-0.2, -0.15) is 0 Å². The van der Waals surface area contributed by atoms with E-state index < -0.39 is 63.1 Å². The quantitative estimate of drug-likeness (QED) is 0.103. The van der Waals surface area contributed by atoms with Gasteiger partial charge in [-0.05, 0) is 235 Å². The number of anilines is 7. The van der Waals surface area contributed by atoms with Gasteiger partial charge in [0.1, 0.15) is 155 Å². The molecule has 12 aliphatic heterocycles. The Bertz CT molecular complexity index is 6430. The summed E-state index contributed by atoms with van der Waals surface area (Å²) in [6.07, 6.45) is 24.1. The number of nitrogens with one attached hydrogen (secondary N) is 13. The number of Topliss-reactive ketones (excluding diaryl/α,β-unsaturated/α-hetero) is 1. The number of rotatable bonds is 7. The average Bonchev–Trinajstić information content (AvgIpc) is 1.58. The highest BCUT2D eigenvalue weighted by molar-refractivity contribution is 6.31. The van der Waals surface area contributed by atoms with Gasteiger partial charge in [0.15, 0.2) is 0 Å². The summed E-state index contributed by atoms with van der Waals surface area (Å²) in [4.78, 5) is 208. The Hall–Kier alpha value is -14.7. The lowest BCUT2D eigenvalue weighted by Crippen LogP contribution is -2.61. The lowest BCUT2D eigenvalue weighted by Gasteiger charge is -2.42. The average molecular weight is 2000 g/mol. The van der Waals surface area contributed by atoms with Gasteiger partial charge in [-0.25, -0.2) is 49.5 Å². The van der Waals surface area contributed by atoms with Crippen molar-refractivity contribution in [1.29, 1.82) is 0 Å². The van der Waals surface area contributed by atoms with Crippen LogP contribution in [0.5, 0.6) is 0 Å². The molecule has 9 aromatic heterocycles. The molecule has 0 aliphatic carbocycles. The summed E-state index contributed by atoms with van der Waals surface area (Å²) >= 11 is 17.4. The summed E-state index contributed by atoms with van der Waals surface area (Å²) in [5.74, 6) is 0.633. The fourth-order valence-electron chi connectivity index (χ4n) is 18.0. The number of ether oxygens (including phenoxy) is 2. The van der Waals surface area contributed by atoms with Crippen LogP contribution in [-0.2, 0) is 41.7 Å². The van der Waals surface area contributed by atoms with Crippen molar-refractivity contribution >= 4 is 129 Å². The Balaban J connectivity index is 0.000000133. The summed E-state index contributed by atoms with van der Waals surface area (Å²) in [6.45, 7) is 19.0. The van der Waals surface area contributed by atoms with Crippen LogP contribution in [0.25, 0.3) is 0 Å². The van der Waals surface area contributed by atoms with E-state index in [1.165, 1.54) is 63.6 Å². The molecule has 21 heterocycles. The highest BCUT2D eigenvalue weighted by Gasteiger charge is 2.53. The molecule has 744 valence electrons. The zero-order valence-electron chi connectivity index (χ0n) is 78.1. The molecule has 0 aromatic carbocycles. The van der Waals surface area contributed by atoms with Crippen molar-refractivity contribution in [3.63, 3.8) is 0 Å². The van der Waals surface area contributed by atoms with E-state index >= 15 is 0 Å². The highest BCUT2D eigenvalue weighted by atomic mass is 35.5. The summed E-state index contributed by atoms with van der Waals surface area (Å²) in [7, 11) is 0. The predicted octanol–water partition coefficient (Wildman–Crippen LogP) is 4.70. The van der Waals surface area contributed by atoms with Crippen molar-refractivity contribution in [2.75, 3.05) is 107 Å². The molecule has 46 nitrogen and oxygen atoms in total. The fraction of sp³-hybridized carbons (Fsp3) is 0.413. The lowest BCUT2D eigenvalue weighted by atomic mass is 9.98. The Kier molecular flexibility index (Phi) is 31.7. The minimum Gasteiger partial charge on any atom is -0.444 e. The van der Waals surface area contributed by atoms with E-state index in [4.69, 9.17) is 55.7 Å². The Morgan fingerprint density at radius 2 is 0.809 bits per heavy atom. The number of likely N-dealkylation sites (tertiary alicyclic amines) is 2. The van der Waals surface area contributed by atoms with Crippen LogP contribution in [0.1, 0.15) is 171 Å². The Morgan fingerprint density at radius 3 is 1.16 bits per heavy atom. The standard InChI is InChI=1S/C20H24N6O4.C16H20ClN3O4.2C15H16N6O2.C11H14ClN3O.C6H5ClN2O2.C5H9NO.C4H5N3/c1-19(2,3)30-18(29)25-10-4-8-20(11-25)24-16(27)14-6-5-13(17(28)26(14)20)23-15-7-9-21-12-22-15;1-15(2,3)24-14(23)19-8-4-7-16(9-19)18-12(21)11-6-5-10(17)13(22)20(11)16;2*22-13-11-3-2-10(19-12-4-7-17-9-18-12)14(23)21(11)15(20-13)5-1-6-16-8-15;12-8-2-3-9-10(16)14-11(15(9)6-8)4-1-5-13-7-11;7-3-1-2-4(5(8)10)9-6(3)11;7-5-2-1-3-6-4-5;5-4-1-2-6-3-7-4/h5-7,9,12H,4,8,10-11H2,1-3H3,(H,24,27)(H,21,22,23);5-6H,4,7-9H2,1-3H3,(H,18,21);2*2-4,7,9,16H,1,5-6,8H2,(H,20,22)(H,17,18,19);2-3,13H,1,4-7H2,(H,14,16);1-2H,(H2,8,10)(H,9,11);6H,1-4H2;1-3H,(H2,5,6,7). The van der Waals surface area contributed by atoms with Crippen molar-refractivity contribution in [1.82, 2.24) is 126 Å². The Labute approximate surface area is 821 Å². The van der Waals surface area contributed by atoms with Crippen molar-refractivity contribution < 1.29 is 52.6 Å². The van der Waals surface area contributed by atoms with Crippen molar-refractivity contribution in [2.45, 2.75) is 158 Å². The van der Waals surface area contributed by atoms with Crippen LogP contribution < -0.4 is 103 Å². The number of primary amides is 1. The molecule has 141 heavy (non-hydrogen) atoms. The molecule has 7 saturated heterocycles. The van der Waals surface area contributed by atoms with Gasteiger partial charge < -0.3 is 104 Å². The molecule has 5 unspecified atom stereocenters. The van der Waals surface area contributed by atoms with E-state index in [1.54, 1.807) is 141 Å². The molecule has 21 rings (SSSR count). The maximum Gasteiger partial charge on any atom is 0.410 e. The number of pyridine rings is 5. The van der Waals surface area contributed by atoms with Gasteiger partial charge in [-0.1, -0.05) is 34.8 Å². The fourth-order valence-corrected chi connectivity index (χ4v) is 18.4. The third-order valence-corrected chi connectivity index (χ3v) is 25.0. The number of carbonyl (C=O) groups is 9. The second-order valence-electron chi connectivity index (χ2n) is 36.6. The smallest absolute Gasteiger partial charge is 0.410 e. The molecule has 0 bridgehead atoms. The van der Waals surface area contributed by atoms with E-state index in [0.717, 1.165) is 94.8 Å². The van der Waals surface area contributed by atoms with E-state index in [-0.39, 0.29) is 97.8 Å². The van der Waals surface area contributed by atoms with Crippen LogP contribution in [0.4, 0.5) is 49.9 Å². The first kappa shape index (κ1) is 102. The van der Waals surface area contributed by atoms with E-state index in [1.807, 2.05) is 12.2 Å². The first-order valence-corrected chi connectivity index (χ1v) is 46.7. The maximum absolute atomic E-state index is 13.3. The number of aromatic amines is 1. The predicted molar refractivity (Wildman–Crippen MR) is 520 cm³/mol. The van der Waals surface area contributed by atoms with Gasteiger partial charge in [0, 0.05) is 69.0 Å². The number of piperidine rings is 6. The molecular formula is C92H109Cl3N30O16. The van der Waals surface area contributed by atoms with E-state index in [0.29, 0.717) is 117 Å². The number of ketones is 1. The number of nitrogens with zero attached hydrogens (tertiary/aromatic N) is 15. The SMILES string of the molecule is CC(C)(C)OC(=O)N1CCCC2(C1)NC(=O)c1ccc(Cl)c(=O)n12.CC(C)(C)OC(=O)N1CCCC2(C1)NC(=O)c1ccc(Nc3ccncn3)c(=O)n12.NC(=O)c1ccc(Cl)c(=O)[nH]1.Nc1ccncn1.O=C1CCCNC1.O=C1NC2(CCCNC2)N2CC(Cl)=CC=C12.O=C1NC2(CCCNC2)n2c1ccc(Nc1ccncn1)c2=O.O=C1NC2(CCCNC2)n2c1ccc(Nc1ccncn1)c2=O. The number of aromatic nitrogens is 13. The zero-order valence-corrected chi connectivity index (χ0v) is 80.3. The number of carbonyl (C=O) groups excluding carboxylic acids is 9. The summed E-state index contributed by atoms with van der Waals surface area (Å²) in [5, 5.41) is 37.5. The number of hydrogen-bond donors (Lipinski definition) is 15. The van der Waals surface area contributed by atoms with Gasteiger partial charge in [-0.15, -0.1) is 0 Å². The minimum atomic E-state index is -1.01. The van der Waals surface area contributed by atoms with Crippen LogP contribution in [0, 0.1) is 0 Å². The largest absolute Gasteiger partial charge is 0.444 e. The lowest BCUT2D eigenvalue weighted by molar-refractivity contribution is -0.119. The van der Waals surface area contributed by atoms with Gasteiger partial charge in [0.05, 0.1) is 26.2 Å². The first-order valence-electron chi connectivity index (χ1n) is 45.6. The third kappa shape index (κ3) is 23.9. The molecular weight excluding hydrogens is 1890 g/mol. The minimum absolute atomic E-state index is 0.0177. The number of halogens is 3. The first-order chi connectivity index (χ1) is 67.3. The van der Waals surface area contributed by atoms with Crippen LogP contribution in [0.15, 0.2) is 182 Å². The topological polar surface area (TPSA) is 602 Å². The van der Waals surface area contributed by atoms with E-state index in [9.17, 15) is 67.1 Å². The van der Waals surface area contributed by atoms with Crippen LogP contribution in [0.3, 0.4) is 0 Å². The number of nitrogens with two attached hydrogens (primary N) is 2. The molecule has 9 aromatic rings. The van der Waals surface area contributed by atoms with Crippen molar-refractivity contribution in [2.24, 2.45) is 5.73 Å². The molecule has 12 aliphatic rings. The van der Waals surface area contributed by atoms with Crippen molar-refractivity contribution in [3.05, 3.63) is 248 Å².